The number of halogens is 1. The van der Waals surface area contributed by atoms with Gasteiger partial charge in [-0.25, -0.2) is 4.98 Å². The van der Waals surface area contributed by atoms with E-state index in [1.807, 2.05) is 55.7 Å². The van der Waals surface area contributed by atoms with E-state index < -0.39 is 0 Å². The molecule has 0 unspecified atom stereocenters. The van der Waals surface area contributed by atoms with Crippen molar-refractivity contribution < 1.29 is 14.6 Å². The molecule has 0 radical (unpaired) electrons. The first kappa shape index (κ1) is 16.9. The number of aryl methyl sites for hydroxylation is 1. The second-order valence-corrected chi connectivity index (χ2v) is 4.97. The molecule has 0 bridgehead atoms. The lowest BCUT2D eigenvalue weighted by atomic mass is 10.1. The Morgan fingerprint density at radius 3 is 2.78 bits per heavy atom. The fourth-order valence-electron chi connectivity index (χ4n) is 2.76. The van der Waals surface area contributed by atoms with E-state index in [0.717, 1.165) is 39.4 Å². The Hall–Kier alpha value is -2.50. The molecular formula is C17H17ClN2O3. The van der Waals surface area contributed by atoms with Gasteiger partial charge in [0.25, 0.3) is 0 Å². The van der Waals surface area contributed by atoms with Crippen molar-refractivity contribution in [2.75, 3.05) is 7.11 Å². The van der Waals surface area contributed by atoms with Gasteiger partial charge in [0.05, 0.1) is 19.0 Å². The standard InChI is InChI=1S/C17H14N2O2.ClH.H2O/c1-11-17(13-9-12(20-2)6-7-15(13)21-11)14-10-18-16-5-3-4-8-19(14)16;;/h3-10H,1-2H3;1H;1H2. The first-order valence-electron chi connectivity index (χ1n) is 6.77. The van der Waals surface area contributed by atoms with Crippen molar-refractivity contribution in [3.05, 3.63) is 54.6 Å². The smallest absolute Gasteiger partial charge is 0.137 e. The molecule has 0 spiro atoms. The second kappa shape index (κ2) is 6.32. The molecule has 0 saturated carbocycles. The molecule has 6 heteroatoms. The highest BCUT2D eigenvalue weighted by atomic mass is 35.5. The molecule has 0 aliphatic heterocycles. The normalized spacial score (nSPS) is 10.3. The third-order valence-electron chi connectivity index (χ3n) is 3.74. The van der Waals surface area contributed by atoms with Gasteiger partial charge in [-0.2, -0.15) is 0 Å². The maximum Gasteiger partial charge on any atom is 0.137 e. The molecule has 0 aliphatic rings. The highest BCUT2D eigenvalue weighted by Crippen LogP contribution is 2.36. The van der Waals surface area contributed by atoms with Gasteiger partial charge in [-0.3, -0.25) is 4.40 Å². The summed E-state index contributed by atoms with van der Waals surface area (Å²) in [5.41, 5.74) is 3.86. The molecule has 5 nitrogen and oxygen atoms in total. The average Bonchev–Trinajstić information content (AvgIpc) is 3.06. The van der Waals surface area contributed by atoms with Crippen LogP contribution in [-0.2, 0) is 0 Å². The molecular weight excluding hydrogens is 316 g/mol. The van der Waals surface area contributed by atoms with Crippen LogP contribution in [0.5, 0.6) is 5.75 Å². The van der Waals surface area contributed by atoms with E-state index in [9.17, 15) is 0 Å². The number of ether oxygens (including phenoxy) is 1. The van der Waals surface area contributed by atoms with Crippen LogP contribution < -0.4 is 4.74 Å². The minimum Gasteiger partial charge on any atom is -0.497 e. The van der Waals surface area contributed by atoms with Crippen molar-refractivity contribution in [1.82, 2.24) is 9.38 Å². The minimum absolute atomic E-state index is 0. The third-order valence-corrected chi connectivity index (χ3v) is 3.74. The predicted octanol–water partition coefficient (Wildman–Crippen LogP) is 3.66. The van der Waals surface area contributed by atoms with Gasteiger partial charge in [-0.1, -0.05) is 6.07 Å². The average molecular weight is 333 g/mol. The van der Waals surface area contributed by atoms with Crippen LogP contribution in [0.15, 0.2) is 53.2 Å². The van der Waals surface area contributed by atoms with Crippen LogP contribution in [0.3, 0.4) is 0 Å². The van der Waals surface area contributed by atoms with E-state index in [1.54, 1.807) is 7.11 Å². The number of imidazole rings is 1. The number of furan rings is 1. The quantitative estimate of drug-likeness (QED) is 0.562. The summed E-state index contributed by atoms with van der Waals surface area (Å²) in [7, 11) is 1.67. The predicted molar refractivity (Wildman–Crippen MR) is 92.6 cm³/mol. The van der Waals surface area contributed by atoms with Crippen molar-refractivity contribution in [1.29, 1.82) is 0 Å². The Bertz CT molecular complexity index is 959. The molecule has 23 heavy (non-hydrogen) atoms. The molecule has 0 fully saturated rings. The van der Waals surface area contributed by atoms with Crippen LogP contribution in [0.4, 0.5) is 0 Å². The summed E-state index contributed by atoms with van der Waals surface area (Å²) in [5, 5.41) is 1.04. The Labute approximate surface area is 139 Å². The van der Waals surface area contributed by atoms with Gasteiger partial charge in [-0.15, -0.1) is 12.4 Å². The van der Waals surface area contributed by atoms with Gasteiger partial charge in [0.15, 0.2) is 0 Å². The van der Waals surface area contributed by atoms with Crippen molar-refractivity contribution in [3.8, 4) is 17.0 Å². The fourth-order valence-corrected chi connectivity index (χ4v) is 2.76. The zero-order chi connectivity index (χ0) is 14.4. The zero-order valence-corrected chi connectivity index (χ0v) is 13.6. The van der Waals surface area contributed by atoms with Gasteiger partial charge >= 0.3 is 0 Å². The zero-order valence-electron chi connectivity index (χ0n) is 12.7. The van der Waals surface area contributed by atoms with Gasteiger partial charge < -0.3 is 14.6 Å². The van der Waals surface area contributed by atoms with E-state index in [0.29, 0.717) is 0 Å². The SMILES string of the molecule is COc1ccc2oc(C)c(-c3cnc4ccccn34)c2c1.Cl.O. The molecule has 4 aromatic rings. The summed E-state index contributed by atoms with van der Waals surface area (Å²) in [6.45, 7) is 1.98. The first-order valence-corrected chi connectivity index (χ1v) is 6.77. The van der Waals surface area contributed by atoms with Crippen molar-refractivity contribution >= 4 is 29.0 Å². The number of hydrogen-bond donors (Lipinski definition) is 0. The number of nitrogens with zero attached hydrogens (tertiary/aromatic N) is 2. The number of hydrogen-bond acceptors (Lipinski definition) is 3. The molecule has 0 aliphatic carbocycles. The first-order chi connectivity index (χ1) is 10.3. The molecule has 4 rings (SSSR count). The molecule has 1 aromatic carbocycles. The summed E-state index contributed by atoms with van der Waals surface area (Å²) in [5.74, 6) is 1.70. The third kappa shape index (κ3) is 2.54. The lowest BCUT2D eigenvalue weighted by molar-refractivity contribution is 0.415. The molecule has 120 valence electrons. The topological polar surface area (TPSA) is 71.2 Å². The molecule has 3 heterocycles. The Balaban J connectivity index is 0.000000960. The summed E-state index contributed by atoms with van der Waals surface area (Å²) in [6, 6.07) is 11.8. The van der Waals surface area contributed by atoms with Gasteiger partial charge in [-0.05, 0) is 37.3 Å². The van der Waals surface area contributed by atoms with Crippen LogP contribution >= 0.6 is 12.4 Å². The summed E-state index contributed by atoms with van der Waals surface area (Å²) >= 11 is 0. The van der Waals surface area contributed by atoms with E-state index in [2.05, 4.69) is 9.38 Å². The molecule has 0 atom stereocenters. The number of pyridine rings is 1. The van der Waals surface area contributed by atoms with Crippen LogP contribution in [0.1, 0.15) is 5.76 Å². The van der Waals surface area contributed by atoms with Crippen molar-refractivity contribution in [2.24, 2.45) is 0 Å². The maximum absolute atomic E-state index is 5.87. The van der Waals surface area contributed by atoms with Crippen LogP contribution in [0, 0.1) is 6.92 Å². The van der Waals surface area contributed by atoms with Crippen LogP contribution in [-0.4, -0.2) is 22.0 Å². The highest BCUT2D eigenvalue weighted by Gasteiger charge is 2.17. The number of benzene rings is 1. The number of rotatable bonds is 2. The monoisotopic (exact) mass is 332 g/mol. The lowest BCUT2D eigenvalue weighted by Gasteiger charge is -2.02. The van der Waals surface area contributed by atoms with Crippen LogP contribution in [0.2, 0.25) is 0 Å². The largest absolute Gasteiger partial charge is 0.497 e. The summed E-state index contributed by atoms with van der Waals surface area (Å²) < 4.78 is 13.3. The van der Waals surface area contributed by atoms with Crippen LogP contribution in [0.25, 0.3) is 27.9 Å². The van der Waals surface area contributed by atoms with Crippen molar-refractivity contribution in [3.63, 3.8) is 0 Å². The van der Waals surface area contributed by atoms with Gasteiger partial charge in [0.2, 0.25) is 0 Å². The molecule has 2 N–H and O–H groups in total. The maximum atomic E-state index is 5.87. The molecule has 0 saturated heterocycles. The Morgan fingerprint density at radius 1 is 1.17 bits per heavy atom. The number of fused-ring (bicyclic) bond motifs is 2. The molecule has 0 amide bonds. The van der Waals surface area contributed by atoms with E-state index in [1.165, 1.54) is 0 Å². The number of aromatic nitrogens is 2. The van der Waals surface area contributed by atoms with E-state index in [-0.39, 0.29) is 17.9 Å². The Kier molecular flexibility index (Phi) is 4.63. The second-order valence-electron chi connectivity index (χ2n) is 4.97. The minimum atomic E-state index is 0. The van der Waals surface area contributed by atoms with Gasteiger partial charge in [0, 0.05) is 17.1 Å². The van der Waals surface area contributed by atoms with Gasteiger partial charge in [0.1, 0.15) is 22.7 Å². The lowest BCUT2D eigenvalue weighted by Crippen LogP contribution is -1.88. The van der Waals surface area contributed by atoms with E-state index >= 15 is 0 Å². The summed E-state index contributed by atoms with van der Waals surface area (Å²) in [4.78, 5) is 4.46. The summed E-state index contributed by atoms with van der Waals surface area (Å²) in [6.07, 6.45) is 3.89. The van der Waals surface area contributed by atoms with E-state index in [4.69, 9.17) is 9.15 Å². The van der Waals surface area contributed by atoms with Crippen molar-refractivity contribution in [2.45, 2.75) is 6.92 Å². The Morgan fingerprint density at radius 2 is 2.00 bits per heavy atom. The molecule has 3 aromatic heterocycles. The fraction of sp³-hybridized carbons (Fsp3) is 0.118. The highest BCUT2D eigenvalue weighted by molar-refractivity contribution is 5.96. The number of methoxy groups -OCH3 is 1.